The van der Waals surface area contributed by atoms with E-state index in [-0.39, 0.29) is 5.54 Å². The van der Waals surface area contributed by atoms with Crippen LogP contribution < -0.4 is 11.1 Å². The molecule has 1 aliphatic heterocycles. The van der Waals surface area contributed by atoms with E-state index in [1.807, 2.05) is 0 Å². The first-order chi connectivity index (χ1) is 5.79. The van der Waals surface area contributed by atoms with Gasteiger partial charge in [0.2, 0.25) is 0 Å². The van der Waals surface area contributed by atoms with E-state index in [0.717, 1.165) is 5.92 Å². The van der Waals surface area contributed by atoms with Crippen molar-refractivity contribution in [3.05, 3.63) is 0 Å². The molecule has 1 saturated heterocycles. The molecule has 2 fully saturated rings. The molecule has 0 atom stereocenters. The Bertz CT molecular complexity index is 146. The first-order valence-corrected chi connectivity index (χ1v) is 5.28. The maximum absolute atomic E-state index is 6.05. The highest BCUT2D eigenvalue weighted by Gasteiger charge is 2.37. The molecule has 1 saturated carbocycles. The number of nitrogens with one attached hydrogen (secondary N) is 1. The third kappa shape index (κ3) is 2.20. The average Bonchev–Trinajstić information content (AvgIpc) is 2.84. The summed E-state index contributed by atoms with van der Waals surface area (Å²) in [5.41, 5.74) is 6.33. The molecular formula is C10H20N2. The second-order valence-corrected chi connectivity index (χ2v) is 4.59. The summed E-state index contributed by atoms with van der Waals surface area (Å²) in [5.74, 6) is 0.965. The molecule has 0 unspecified atom stereocenters. The van der Waals surface area contributed by atoms with Crippen LogP contribution >= 0.6 is 0 Å². The number of hydrogen-bond donors (Lipinski definition) is 2. The Morgan fingerprint density at radius 1 is 1.25 bits per heavy atom. The molecule has 0 aromatic carbocycles. The largest absolute Gasteiger partial charge is 0.325 e. The van der Waals surface area contributed by atoms with Gasteiger partial charge in [-0.2, -0.15) is 0 Å². The molecule has 2 nitrogen and oxygen atoms in total. The summed E-state index contributed by atoms with van der Waals surface area (Å²) in [5, 5.41) is 3.40. The predicted molar refractivity (Wildman–Crippen MR) is 51.0 cm³/mol. The summed E-state index contributed by atoms with van der Waals surface area (Å²) in [6.45, 7) is 2.45. The maximum atomic E-state index is 6.05. The van der Waals surface area contributed by atoms with E-state index in [9.17, 15) is 0 Å². The zero-order valence-electron chi connectivity index (χ0n) is 7.81. The van der Waals surface area contributed by atoms with Gasteiger partial charge in [0.05, 0.1) is 0 Å². The fourth-order valence-corrected chi connectivity index (χ4v) is 2.07. The lowest BCUT2D eigenvalue weighted by molar-refractivity contribution is 0.333. The van der Waals surface area contributed by atoms with E-state index in [2.05, 4.69) is 5.32 Å². The Labute approximate surface area is 74.9 Å². The van der Waals surface area contributed by atoms with Gasteiger partial charge in [-0.25, -0.2) is 0 Å². The first kappa shape index (κ1) is 8.52. The summed E-state index contributed by atoms with van der Waals surface area (Å²) in [6, 6.07) is 0. The minimum Gasteiger partial charge on any atom is -0.325 e. The smallest absolute Gasteiger partial charge is 0.0155 e. The molecule has 1 heterocycles. The molecule has 0 bridgehead atoms. The summed E-state index contributed by atoms with van der Waals surface area (Å²) in [4.78, 5) is 0. The Balaban J connectivity index is 1.65. The minimum atomic E-state index is 0.283. The second kappa shape index (κ2) is 3.35. The van der Waals surface area contributed by atoms with E-state index in [0.29, 0.717) is 0 Å². The highest BCUT2D eigenvalue weighted by atomic mass is 14.9. The lowest BCUT2D eigenvalue weighted by Crippen LogP contribution is -2.29. The molecule has 0 amide bonds. The van der Waals surface area contributed by atoms with Crippen LogP contribution in [0.25, 0.3) is 0 Å². The predicted octanol–water partition coefficient (Wildman–Crippen LogP) is 1.26. The molecular weight excluding hydrogens is 148 g/mol. The van der Waals surface area contributed by atoms with Gasteiger partial charge in [0, 0.05) is 5.54 Å². The van der Waals surface area contributed by atoms with Gasteiger partial charge in [-0.3, -0.25) is 0 Å². The molecule has 0 aromatic heterocycles. The SMILES string of the molecule is NC1(CCC2CCNCC2)CC1. The highest BCUT2D eigenvalue weighted by Crippen LogP contribution is 2.38. The van der Waals surface area contributed by atoms with Crippen molar-refractivity contribution in [3.63, 3.8) is 0 Å². The van der Waals surface area contributed by atoms with Crippen LogP contribution in [0.4, 0.5) is 0 Å². The Morgan fingerprint density at radius 3 is 2.50 bits per heavy atom. The molecule has 70 valence electrons. The first-order valence-electron chi connectivity index (χ1n) is 5.28. The number of rotatable bonds is 3. The van der Waals surface area contributed by atoms with Crippen LogP contribution in [0.15, 0.2) is 0 Å². The summed E-state index contributed by atoms with van der Waals surface area (Å²) in [7, 11) is 0. The van der Waals surface area contributed by atoms with Crippen LogP contribution in [0.2, 0.25) is 0 Å². The van der Waals surface area contributed by atoms with Crippen molar-refractivity contribution in [1.29, 1.82) is 0 Å². The molecule has 0 spiro atoms. The van der Waals surface area contributed by atoms with Gasteiger partial charge in [0.15, 0.2) is 0 Å². The minimum absolute atomic E-state index is 0.283. The highest BCUT2D eigenvalue weighted by molar-refractivity contribution is 4.98. The third-order valence-electron chi connectivity index (χ3n) is 3.40. The molecule has 0 aromatic rings. The van der Waals surface area contributed by atoms with Crippen molar-refractivity contribution in [2.45, 2.75) is 44.1 Å². The normalized spacial score (nSPS) is 28.8. The van der Waals surface area contributed by atoms with Crippen LogP contribution in [0.1, 0.15) is 38.5 Å². The Morgan fingerprint density at radius 2 is 1.92 bits per heavy atom. The van der Waals surface area contributed by atoms with Gasteiger partial charge in [0.1, 0.15) is 0 Å². The lowest BCUT2D eigenvalue weighted by atomic mass is 9.91. The number of piperidine rings is 1. The van der Waals surface area contributed by atoms with Gasteiger partial charge in [0.25, 0.3) is 0 Å². The molecule has 0 radical (unpaired) electrons. The van der Waals surface area contributed by atoms with Crippen LogP contribution in [0.5, 0.6) is 0 Å². The van der Waals surface area contributed by atoms with Gasteiger partial charge in [-0.1, -0.05) is 0 Å². The fourth-order valence-electron chi connectivity index (χ4n) is 2.07. The third-order valence-corrected chi connectivity index (χ3v) is 3.40. The lowest BCUT2D eigenvalue weighted by Gasteiger charge is -2.23. The van der Waals surface area contributed by atoms with Crippen LogP contribution in [-0.2, 0) is 0 Å². The van der Waals surface area contributed by atoms with Crippen molar-refractivity contribution in [1.82, 2.24) is 5.32 Å². The van der Waals surface area contributed by atoms with Gasteiger partial charge in [-0.15, -0.1) is 0 Å². The monoisotopic (exact) mass is 168 g/mol. The molecule has 3 N–H and O–H groups in total. The zero-order chi connectivity index (χ0) is 8.44. The summed E-state index contributed by atoms with van der Waals surface area (Å²) >= 11 is 0. The van der Waals surface area contributed by atoms with Gasteiger partial charge >= 0.3 is 0 Å². The summed E-state index contributed by atoms with van der Waals surface area (Å²) < 4.78 is 0. The van der Waals surface area contributed by atoms with Crippen molar-refractivity contribution in [3.8, 4) is 0 Å². The van der Waals surface area contributed by atoms with Crippen molar-refractivity contribution in [2.24, 2.45) is 11.7 Å². The average molecular weight is 168 g/mol. The van der Waals surface area contributed by atoms with Crippen molar-refractivity contribution >= 4 is 0 Å². The van der Waals surface area contributed by atoms with Crippen LogP contribution in [-0.4, -0.2) is 18.6 Å². The molecule has 2 aliphatic rings. The summed E-state index contributed by atoms with van der Waals surface area (Å²) in [6.07, 6.45) is 7.94. The zero-order valence-corrected chi connectivity index (χ0v) is 7.81. The van der Waals surface area contributed by atoms with Crippen molar-refractivity contribution < 1.29 is 0 Å². The topological polar surface area (TPSA) is 38.0 Å². The van der Waals surface area contributed by atoms with Crippen LogP contribution in [0, 0.1) is 5.92 Å². The van der Waals surface area contributed by atoms with E-state index >= 15 is 0 Å². The quantitative estimate of drug-likeness (QED) is 0.665. The van der Waals surface area contributed by atoms with Gasteiger partial charge in [-0.05, 0) is 57.5 Å². The van der Waals surface area contributed by atoms with Gasteiger partial charge < -0.3 is 11.1 Å². The Kier molecular flexibility index (Phi) is 2.37. The molecule has 1 aliphatic carbocycles. The maximum Gasteiger partial charge on any atom is 0.0155 e. The van der Waals surface area contributed by atoms with E-state index in [1.54, 1.807) is 0 Å². The number of hydrogen-bond acceptors (Lipinski definition) is 2. The Hall–Kier alpha value is -0.0800. The van der Waals surface area contributed by atoms with E-state index < -0.39 is 0 Å². The number of nitrogens with two attached hydrogens (primary N) is 1. The van der Waals surface area contributed by atoms with Crippen LogP contribution in [0.3, 0.4) is 0 Å². The molecule has 12 heavy (non-hydrogen) atoms. The van der Waals surface area contributed by atoms with E-state index in [1.165, 1.54) is 51.6 Å². The fraction of sp³-hybridized carbons (Fsp3) is 1.00. The van der Waals surface area contributed by atoms with Crippen molar-refractivity contribution in [2.75, 3.05) is 13.1 Å². The second-order valence-electron chi connectivity index (χ2n) is 4.59. The molecule has 2 heteroatoms. The standard InChI is InChI=1S/C10H20N2/c11-10(5-6-10)4-1-9-2-7-12-8-3-9/h9,12H,1-8,11H2. The van der Waals surface area contributed by atoms with E-state index in [4.69, 9.17) is 5.73 Å². The molecule has 2 rings (SSSR count).